The largest absolute Gasteiger partial charge is 1.00 e. The molecule has 1 rings (SSSR count). The van der Waals surface area contributed by atoms with Crippen molar-refractivity contribution in [2.45, 2.75) is 0 Å². The Labute approximate surface area is 90.9 Å². The van der Waals surface area contributed by atoms with E-state index in [9.17, 15) is 4.79 Å². The second kappa shape index (κ2) is 6.50. The summed E-state index contributed by atoms with van der Waals surface area (Å²) in [7, 11) is 0. The van der Waals surface area contributed by atoms with Gasteiger partial charge in [0.05, 0.1) is 6.29 Å². The second-order valence-electron chi connectivity index (χ2n) is 2.26. The maximum atomic E-state index is 10.2. The molecule has 0 saturated carbocycles. The average Bonchev–Trinajstić information content (AvgIpc) is 2.15. The van der Waals surface area contributed by atoms with Gasteiger partial charge in [-0.2, -0.15) is 18.2 Å². The molecule has 0 saturated heterocycles. The Bertz CT molecular complexity index is 301. The molecule has 0 unspecified atom stereocenters. The Kier molecular flexibility index (Phi) is 6.00. The van der Waals surface area contributed by atoms with Crippen LogP contribution in [-0.2, 0) is 24.3 Å². The van der Waals surface area contributed by atoms with Crippen LogP contribution in [0.5, 0.6) is 0 Å². The number of aldehydes is 1. The molecule has 0 spiro atoms. The summed E-state index contributed by atoms with van der Waals surface area (Å²) in [5, 5.41) is 0. The van der Waals surface area contributed by atoms with Crippen molar-refractivity contribution in [2.75, 3.05) is 0 Å². The van der Waals surface area contributed by atoms with Crippen molar-refractivity contribution in [3.63, 3.8) is 0 Å². The van der Waals surface area contributed by atoms with Gasteiger partial charge in [0.25, 0.3) is 0 Å². The first-order valence-electron chi connectivity index (χ1n) is 3.62. The van der Waals surface area contributed by atoms with Gasteiger partial charge in [0.2, 0.25) is 0 Å². The summed E-state index contributed by atoms with van der Waals surface area (Å²) in [6.07, 6.45) is 4.88. The standard InChI is InChI=1S/C11H9O.Ru/c1-2-10(8-9-12)11-6-4-3-5-7-11;/h3-9H,1H2;/q-1;+1/b10-8+;. The first-order valence-corrected chi connectivity index (χ1v) is 3.62. The van der Waals surface area contributed by atoms with E-state index in [0.717, 1.165) is 17.4 Å². The minimum Gasteiger partial charge on any atom is -0.313 e. The van der Waals surface area contributed by atoms with E-state index < -0.39 is 0 Å². The van der Waals surface area contributed by atoms with Crippen LogP contribution in [0.4, 0.5) is 0 Å². The monoisotopic (exact) mass is 259 g/mol. The van der Waals surface area contributed by atoms with Gasteiger partial charge in [0, 0.05) is 0 Å². The second-order valence-corrected chi connectivity index (χ2v) is 2.26. The van der Waals surface area contributed by atoms with Crippen molar-refractivity contribution in [1.29, 1.82) is 0 Å². The Balaban J connectivity index is 0.00000144. The maximum absolute atomic E-state index is 10.2. The molecular weight excluding hydrogens is 249 g/mol. The molecule has 1 radical (unpaired) electrons. The molecule has 0 aliphatic heterocycles. The molecule has 2 heteroatoms. The summed E-state index contributed by atoms with van der Waals surface area (Å²) in [6, 6.07) is 9.56. The molecule has 0 aromatic heterocycles. The fraction of sp³-hybridized carbons (Fsp3) is 0. The molecule has 0 heterocycles. The van der Waals surface area contributed by atoms with E-state index in [1.807, 2.05) is 30.3 Å². The Morgan fingerprint density at radius 3 is 2.38 bits per heavy atom. The van der Waals surface area contributed by atoms with Crippen LogP contribution < -0.4 is 0 Å². The predicted molar refractivity (Wildman–Crippen MR) is 49.4 cm³/mol. The van der Waals surface area contributed by atoms with Crippen molar-refractivity contribution in [2.24, 2.45) is 0 Å². The number of rotatable bonds is 3. The molecule has 1 nitrogen and oxygen atoms in total. The molecule has 67 valence electrons. The minimum atomic E-state index is 0. The zero-order valence-electron chi connectivity index (χ0n) is 7.01. The van der Waals surface area contributed by atoms with Gasteiger partial charge in [0.15, 0.2) is 0 Å². The van der Waals surface area contributed by atoms with Crippen LogP contribution in [0, 0.1) is 6.08 Å². The van der Waals surface area contributed by atoms with E-state index in [2.05, 4.69) is 12.7 Å². The Hall–Kier alpha value is -1.01. The van der Waals surface area contributed by atoms with Crippen LogP contribution >= 0.6 is 0 Å². The van der Waals surface area contributed by atoms with Gasteiger partial charge in [-0.05, 0) is 0 Å². The normalized spacial score (nSPS) is 10.0. The quantitative estimate of drug-likeness (QED) is 0.267. The van der Waals surface area contributed by atoms with E-state index in [1.54, 1.807) is 0 Å². The molecule has 0 atom stereocenters. The van der Waals surface area contributed by atoms with E-state index in [0.29, 0.717) is 0 Å². The Morgan fingerprint density at radius 2 is 1.92 bits per heavy atom. The van der Waals surface area contributed by atoms with Gasteiger partial charge in [-0.25, -0.2) is 0 Å². The van der Waals surface area contributed by atoms with E-state index >= 15 is 0 Å². The molecule has 0 aliphatic carbocycles. The number of hydrogen-bond acceptors (Lipinski definition) is 1. The summed E-state index contributed by atoms with van der Waals surface area (Å²) in [6.45, 7) is 3.50. The van der Waals surface area contributed by atoms with Crippen molar-refractivity contribution in [1.82, 2.24) is 0 Å². The number of carbonyl (C=O) groups excluding carboxylic acids is 1. The molecule has 0 bridgehead atoms. The first kappa shape index (κ1) is 12.0. The summed E-state index contributed by atoms with van der Waals surface area (Å²) in [4.78, 5) is 10.2. The van der Waals surface area contributed by atoms with Crippen molar-refractivity contribution >= 4 is 11.9 Å². The fourth-order valence-corrected chi connectivity index (χ4v) is 0.943. The van der Waals surface area contributed by atoms with Gasteiger partial charge in [-0.1, -0.05) is 18.2 Å². The van der Waals surface area contributed by atoms with E-state index in [1.165, 1.54) is 6.08 Å². The molecule has 0 aliphatic rings. The van der Waals surface area contributed by atoms with Crippen molar-refractivity contribution in [3.05, 3.63) is 54.6 Å². The zero-order valence-corrected chi connectivity index (χ0v) is 8.75. The molecule has 0 amide bonds. The summed E-state index contributed by atoms with van der Waals surface area (Å²) in [5.74, 6) is 0. The van der Waals surface area contributed by atoms with Crippen LogP contribution in [-0.4, -0.2) is 6.29 Å². The predicted octanol–water partition coefficient (Wildman–Crippen LogP) is 2.26. The number of carbonyl (C=O) groups is 1. The fourth-order valence-electron chi connectivity index (χ4n) is 0.943. The zero-order chi connectivity index (χ0) is 8.81. The van der Waals surface area contributed by atoms with Gasteiger partial charge < -0.3 is 4.79 Å². The third kappa shape index (κ3) is 3.48. The summed E-state index contributed by atoms with van der Waals surface area (Å²) in [5.41, 5.74) is 1.69. The van der Waals surface area contributed by atoms with Crippen LogP contribution in [0.3, 0.4) is 0 Å². The Morgan fingerprint density at radius 1 is 1.31 bits per heavy atom. The third-order valence-electron chi connectivity index (χ3n) is 1.51. The van der Waals surface area contributed by atoms with Gasteiger partial charge in [0.1, 0.15) is 0 Å². The summed E-state index contributed by atoms with van der Waals surface area (Å²) >= 11 is 0. The van der Waals surface area contributed by atoms with Crippen LogP contribution in [0.25, 0.3) is 5.57 Å². The number of allylic oxidation sites excluding steroid dienone is 3. The molecular formula is C11H9ORu. The average molecular weight is 258 g/mol. The van der Waals surface area contributed by atoms with Gasteiger partial charge >= 0.3 is 19.5 Å². The molecule has 0 fully saturated rings. The first-order chi connectivity index (χ1) is 5.88. The maximum Gasteiger partial charge on any atom is 1.00 e. The number of benzene rings is 1. The van der Waals surface area contributed by atoms with Crippen LogP contribution in [0.2, 0.25) is 0 Å². The summed E-state index contributed by atoms with van der Waals surface area (Å²) < 4.78 is 0. The minimum absolute atomic E-state index is 0. The number of hydrogen-bond donors (Lipinski definition) is 0. The molecule has 1 aromatic carbocycles. The van der Waals surface area contributed by atoms with Gasteiger partial charge in [-0.15, -0.1) is 23.8 Å². The van der Waals surface area contributed by atoms with Crippen molar-refractivity contribution in [3.8, 4) is 0 Å². The smallest absolute Gasteiger partial charge is 0.313 e. The molecule has 0 N–H and O–H groups in total. The molecule has 1 aromatic rings. The van der Waals surface area contributed by atoms with Crippen LogP contribution in [0.15, 0.2) is 43.0 Å². The molecule has 13 heavy (non-hydrogen) atoms. The van der Waals surface area contributed by atoms with E-state index in [-0.39, 0.29) is 19.5 Å². The third-order valence-corrected chi connectivity index (χ3v) is 1.51. The van der Waals surface area contributed by atoms with E-state index in [4.69, 9.17) is 0 Å². The van der Waals surface area contributed by atoms with Crippen LogP contribution in [0.1, 0.15) is 5.56 Å². The van der Waals surface area contributed by atoms with Crippen molar-refractivity contribution < 1.29 is 24.3 Å². The topological polar surface area (TPSA) is 17.1 Å². The SMILES string of the molecule is C=[C-]/C(=C\C=O)c1ccccc1.[Ru+]. The van der Waals surface area contributed by atoms with Gasteiger partial charge in [-0.3, -0.25) is 0 Å².